The molecule has 3 atom stereocenters. The number of nitrogens with zero attached hydrogens (tertiary/aromatic N) is 2. The summed E-state index contributed by atoms with van der Waals surface area (Å²) >= 11 is 0. The van der Waals surface area contributed by atoms with E-state index in [1.165, 1.54) is 5.56 Å². The first kappa shape index (κ1) is 15.4. The van der Waals surface area contributed by atoms with E-state index in [2.05, 4.69) is 29.8 Å². The second-order valence-corrected chi connectivity index (χ2v) is 6.03. The summed E-state index contributed by atoms with van der Waals surface area (Å²) in [5.41, 5.74) is 7.55. The molecule has 1 aromatic rings. The van der Waals surface area contributed by atoms with Crippen LogP contribution >= 0.6 is 0 Å². The second-order valence-electron chi connectivity index (χ2n) is 6.03. The molecule has 112 valence electrons. The SMILES string of the molecule is CCC(N)C(c1cccnc1)N1CCCC(C)(OC)C1. The van der Waals surface area contributed by atoms with Crippen LogP contribution in [0.3, 0.4) is 0 Å². The van der Waals surface area contributed by atoms with Crippen molar-refractivity contribution in [3.8, 4) is 0 Å². The van der Waals surface area contributed by atoms with E-state index in [1.807, 2.05) is 25.6 Å². The van der Waals surface area contributed by atoms with Crippen LogP contribution in [0.25, 0.3) is 0 Å². The highest BCUT2D eigenvalue weighted by Crippen LogP contribution is 2.32. The van der Waals surface area contributed by atoms with E-state index in [1.54, 1.807) is 0 Å². The molecule has 0 amide bonds. The Balaban J connectivity index is 2.23. The van der Waals surface area contributed by atoms with Crippen molar-refractivity contribution in [1.82, 2.24) is 9.88 Å². The van der Waals surface area contributed by atoms with Gasteiger partial charge in [-0.25, -0.2) is 0 Å². The Bertz CT molecular complexity index is 411. The topological polar surface area (TPSA) is 51.4 Å². The number of hydrogen-bond donors (Lipinski definition) is 1. The Kier molecular flexibility index (Phi) is 5.13. The van der Waals surface area contributed by atoms with Gasteiger partial charge in [0.2, 0.25) is 0 Å². The molecular formula is C16H27N3O. The number of aromatic nitrogens is 1. The van der Waals surface area contributed by atoms with Gasteiger partial charge in [0.15, 0.2) is 0 Å². The maximum absolute atomic E-state index is 6.40. The van der Waals surface area contributed by atoms with Crippen molar-refractivity contribution in [2.45, 2.75) is 50.8 Å². The summed E-state index contributed by atoms with van der Waals surface area (Å²) in [6, 6.07) is 4.47. The van der Waals surface area contributed by atoms with E-state index in [9.17, 15) is 0 Å². The molecule has 1 aliphatic heterocycles. The lowest BCUT2D eigenvalue weighted by Gasteiger charge is -2.44. The van der Waals surface area contributed by atoms with Gasteiger partial charge in [-0.3, -0.25) is 9.88 Å². The quantitative estimate of drug-likeness (QED) is 0.897. The minimum atomic E-state index is -0.0633. The van der Waals surface area contributed by atoms with Gasteiger partial charge >= 0.3 is 0 Å². The van der Waals surface area contributed by atoms with Crippen molar-refractivity contribution in [2.75, 3.05) is 20.2 Å². The highest BCUT2D eigenvalue weighted by molar-refractivity contribution is 5.17. The molecular weight excluding hydrogens is 250 g/mol. The largest absolute Gasteiger partial charge is 0.377 e. The van der Waals surface area contributed by atoms with Gasteiger partial charge in [-0.15, -0.1) is 0 Å². The molecule has 3 unspecified atom stereocenters. The summed E-state index contributed by atoms with van der Waals surface area (Å²) in [7, 11) is 1.81. The fraction of sp³-hybridized carbons (Fsp3) is 0.688. The summed E-state index contributed by atoms with van der Waals surface area (Å²) < 4.78 is 5.71. The van der Waals surface area contributed by atoms with Crippen LogP contribution in [0.2, 0.25) is 0 Å². The molecule has 0 aromatic carbocycles. The van der Waals surface area contributed by atoms with Crippen LogP contribution in [0, 0.1) is 0 Å². The minimum Gasteiger partial charge on any atom is -0.377 e. The minimum absolute atomic E-state index is 0.0633. The standard InChI is InChI=1S/C16H27N3O/c1-4-14(17)15(13-7-5-9-18-11-13)19-10-6-8-16(2,12-19)20-3/h5,7,9,11,14-15H,4,6,8,10,12,17H2,1-3H3. The first-order valence-corrected chi connectivity index (χ1v) is 7.54. The zero-order chi connectivity index (χ0) is 14.6. The highest BCUT2D eigenvalue weighted by Gasteiger charge is 2.36. The Morgan fingerprint density at radius 1 is 1.55 bits per heavy atom. The molecule has 1 aliphatic rings. The van der Waals surface area contributed by atoms with Crippen molar-refractivity contribution in [3.05, 3.63) is 30.1 Å². The lowest BCUT2D eigenvalue weighted by atomic mass is 9.90. The predicted octanol–water partition coefficient (Wildman–Crippen LogP) is 2.36. The van der Waals surface area contributed by atoms with Gasteiger partial charge < -0.3 is 10.5 Å². The molecule has 2 rings (SSSR count). The number of methoxy groups -OCH3 is 1. The Morgan fingerprint density at radius 3 is 2.95 bits per heavy atom. The van der Waals surface area contributed by atoms with E-state index in [0.29, 0.717) is 0 Å². The summed E-state index contributed by atoms with van der Waals surface area (Å²) in [5.74, 6) is 0. The molecule has 4 heteroatoms. The summed E-state index contributed by atoms with van der Waals surface area (Å²) in [6.45, 7) is 6.34. The molecule has 1 aromatic heterocycles. The maximum atomic E-state index is 6.40. The molecule has 0 bridgehead atoms. The normalized spacial score (nSPS) is 27.2. The lowest BCUT2D eigenvalue weighted by Crippen LogP contribution is -2.52. The van der Waals surface area contributed by atoms with Gasteiger partial charge in [0, 0.05) is 32.1 Å². The van der Waals surface area contributed by atoms with Gasteiger partial charge in [-0.2, -0.15) is 0 Å². The number of hydrogen-bond acceptors (Lipinski definition) is 4. The zero-order valence-corrected chi connectivity index (χ0v) is 12.9. The molecule has 0 spiro atoms. The third kappa shape index (κ3) is 3.37. The number of pyridine rings is 1. The number of likely N-dealkylation sites (tertiary alicyclic amines) is 1. The predicted molar refractivity (Wildman–Crippen MR) is 81.5 cm³/mol. The van der Waals surface area contributed by atoms with Gasteiger partial charge in [-0.05, 0) is 44.4 Å². The highest BCUT2D eigenvalue weighted by atomic mass is 16.5. The van der Waals surface area contributed by atoms with Crippen LogP contribution in [0.1, 0.15) is 44.7 Å². The molecule has 0 saturated carbocycles. The summed E-state index contributed by atoms with van der Waals surface area (Å²) in [5, 5.41) is 0. The van der Waals surface area contributed by atoms with E-state index in [4.69, 9.17) is 10.5 Å². The molecule has 0 radical (unpaired) electrons. The van der Waals surface area contributed by atoms with Crippen LogP contribution in [0.4, 0.5) is 0 Å². The van der Waals surface area contributed by atoms with Crippen LogP contribution in [0.5, 0.6) is 0 Å². The van der Waals surface area contributed by atoms with Crippen LogP contribution in [-0.4, -0.2) is 41.7 Å². The summed E-state index contributed by atoms with van der Waals surface area (Å²) in [4.78, 5) is 6.73. The average Bonchev–Trinajstić information content (AvgIpc) is 2.48. The molecule has 0 aliphatic carbocycles. The van der Waals surface area contributed by atoms with Gasteiger partial charge in [0.25, 0.3) is 0 Å². The Labute approximate surface area is 122 Å². The third-order valence-electron chi connectivity index (χ3n) is 4.48. The van der Waals surface area contributed by atoms with Gasteiger partial charge in [-0.1, -0.05) is 13.0 Å². The second kappa shape index (κ2) is 6.66. The van der Waals surface area contributed by atoms with E-state index < -0.39 is 0 Å². The van der Waals surface area contributed by atoms with Crippen molar-refractivity contribution < 1.29 is 4.74 Å². The van der Waals surface area contributed by atoms with Crippen LogP contribution in [-0.2, 0) is 4.74 Å². The molecule has 20 heavy (non-hydrogen) atoms. The molecule has 1 fully saturated rings. The van der Waals surface area contributed by atoms with E-state index in [-0.39, 0.29) is 17.7 Å². The van der Waals surface area contributed by atoms with Gasteiger partial charge in [0.1, 0.15) is 0 Å². The van der Waals surface area contributed by atoms with E-state index in [0.717, 1.165) is 32.4 Å². The number of rotatable bonds is 5. The summed E-state index contributed by atoms with van der Waals surface area (Å²) in [6.07, 6.45) is 6.98. The van der Waals surface area contributed by atoms with Crippen molar-refractivity contribution in [1.29, 1.82) is 0 Å². The van der Waals surface area contributed by atoms with Crippen molar-refractivity contribution >= 4 is 0 Å². The van der Waals surface area contributed by atoms with Gasteiger partial charge in [0.05, 0.1) is 11.6 Å². The van der Waals surface area contributed by atoms with Crippen LogP contribution in [0.15, 0.2) is 24.5 Å². The monoisotopic (exact) mass is 277 g/mol. The average molecular weight is 277 g/mol. The van der Waals surface area contributed by atoms with Crippen molar-refractivity contribution in [3.63, 3.8) is 0 Å². The molecule has 2 heterocycles. The zero-order valence-electron chi connectivity index (χ0n) is 12.9. The fourth-order valence-electron chi connectivity index (χ4n) is 3.15. The number of piperidine rings is 1. The Morgan fingerprint density at radius 2 is 2.35 bits per heavy atom. The van der Waals surface area contributed by atoms with Crippen molar-refractivity contribution in [2.24, 2.45) is 5.73 Å². The number of nitrogens with two attached hydrogens (primary N) is 1. The number of ether oxygens (including phenoxy) is 1. The lowest BCUT2D eigenvalue weighted by molar-refractivity contribution is -0.0644. The first-order valence-electron chi connectivity index (χ1n) is 7.54. The maximum Gasteiger partial charge on any atom is 0.0777 e. The molecule has 2 N–H and O–H groups in total. The molecule has 4 nitrogen and oxygen atoms in total. The van der Waals surface area contributed by atoms with E-state index >= 15 is 0 Å². The first-order chi connectivity index (χ1) is 9.59. The fourth-order valence-corrected chi connectivity index (χ4v) is 3.15. The molecule has 1 saturated heterocycles. The Hall–Kier alpha value is -0.970. The smallest absolute Gasteiger partial charge is 0.0777 e. The third-order valence-corrected chi connectivity index (χ3v) is 4.48. The van der Waals surface area contributed by atoms with Crippen LogP contribution < -0.4 is 5.73 Å².